The summed E-state index contributed by atoms with van der Waals surface area (Å²) in [5.74, 6) is 0.310. The molecule has 1 aliphatic carbocycles. The van der Waals surface area contributed by atoms with Crippen molar-refractivity contribution in [3.05, 3.63) is 89.8 Å². The molecular weight excluding hydrogens is 421 g/mol. The van der Waals surface area contributed by atoms with Gasteiger partial charge in [0.05, 0.1) is 0 Å². The van der Waals surface area contributed by atoms with Crippen LogP contribution in [0.4, 0.5) is 4.39 Å². The number of hydrogen-bond donors (Lipinski definition) is 0. The molecule has 186 valence electrons. The first-order valence-corrected chi connectivity index (χ1v) is 12.1. The zero-order valence-corrected chi connectivity index (χ0v) is 22.1. The summed E-state index contributed by atoms with van der Waals surface area (Å²) in [7, 11) is 5.74. The normalized spacial score (nSPS) is 19.6. The van der Waals surface area contributed by atoms with Crippen molar-refractivity contribution in [1.29, 1.82) is 0 Å². The molecule has 0 aliphatic heterocycles. The molecule has 3 nitrogen and oxygen atoms in total. The Morgan fingerprint density at radius 1 is 1.18 bits per heavy atom. The Bertz CT molecular complexity index is 977. The predicted octanol–water partition coefficient (Wildman–Crippen LogP) is 8.08. The second-order valence-electron chi connectivity index (χ2n) is 8.36. The van der Waals surface area contributed by atoms with Crippen LogP contribution in [-0.2, 0) is 0 Å². The molecule has 2 rings (SSSR count). The third kappa shape index (κ3) is 8.40. The molecule has 0 heterocycles. The molecule has 0 spiro atoms. The predicted molar refractivity (Wildman–Crippen MR) is 152 cm³/mol. The van der Waals surface area contributed by atoms with Gasteiger partial charge in [-0.15, -0.1) is 0 Å². The molecule has 0 radical (unpaired) electrons. The summed E-state index contributed by atoms with van der Waals surface area (Å²) in [5.41, 5.74) is 6.94. The maximum absolute atomic E-state index is 13.5. The van der Waals surface area contributed by atoms with Gasteiger partial charge in [-0.2, -0.15) is 0 Å². The number of nitrogens with zero attached hydrogens (tertiary/aromatic N) is 3. The molecule has 0 saturated heterocycles. The number of aliphatic imine (C=N–C) groups is 2. The number of alkyl halides is 1. The van der Waals surface area contributed by atoms with Crippen LogP contribution in [0.3, 0.4) is 0 Å². The molecule has 0 bridgehead atoms. The van der Waals surface area contributed by atoms with Crippen LogP contribution in [0.2, 0.25) is 0 Å². The van der Waals surface area contributed by atoms with E-state index in [-0.39, 0.29) is 1.43 Å². The Morgan fingerprint density at radius 3 is 2.32 bits per heavy atom. The fourth-order valence-electron chi connectivity index (χ4n) is 3.87. The van der Waals surface area contributed by atoms with Crippen LogP contribution in [0.1, 0.15) is 59.5 Å². The molecule has 34 heavy (non-hydrogen) atoms. The van der Waals surface area contributed by atoms with Gasteiger partial charge in [-0.3, -0.25) is 9.98 Å². The first-order valence-electron chi connectivity index (χ1n) is 12.1. The van der Waals surface area contributed by atoms with Crippen LogP contribution in [-0.4, -0.2) is 44.1 Å². The lowest BCUT2D eigenvalue weighted by Crippen LogP contribution is -2.25. The van der Waals surface area contributed by atoms with Crippen LogP contribution >= 0.6 is 0 Å². The number of hydrogen-bond acceptors (Lipinski definition) is 3. The van der Waals surface area contributed by atoms with E-state index in [1.807, 2.05) is 83.4 Å². The van der Waals surface area contributed by atoms with Gasteiger partial charge >= 0.3 is 0 Å². The fraction of sp³-hybridized carbons (Fsp3) is 0.400. The van der Waals surface area contributed by atoms with Gasteiger partial charge in [0.2, 0.25) is 0 Å². The average molecular weight is 466 g/mol. The van der Waals surface area contributed by atoms with E-state index in [9.17, 15) is 4.39 Å². The zero-order chi connectivity index (χ0) is 25.7. The molecule has 1 fully saturated rings. The summed E-state index contributed by atoms with van der Waals surface area (Å²) < 4.78 is 13.5. The lowest BCUT2D eigenvalue weighted by atomic mass is 9.79. The third-order valence-electron chi connectivity index (χ3n) is 5.60. The largest absolute Gasteiger partial charge is 0.383 e. The summed E-state index contributed by atoms with van der Waals surface area (Å²) in [4.78, 5) is 11.2. The van der Waals surface area contributed by atoms with Gasteiger partial charge in [-0.05, 0) is 67.4 Å². The first kappa shape index (κ1) is 29.0. The molecule has 1 aromatic carbocycles. The highest BCUT2D eigenvalue weighted by Crippen LogP contribution is 2.37. The van der Waals surface area contributed by atoms with Crippen LogP contribution < -0.4 is 0 Å². The lowest BCUT2D eigenvalue weighted by Gasteiger charge is -2.30. The van der Waals surface area contributed by atoms with Crippen molar-refractivity contribution in [3.63, 3.8) is 0 Å². The van der Waals surface area contributed by atoms with E-state index in [0.717, 1.165) is 45.7 Å². The Morgan fingerprint density at radius 2 is 1.82 bits per heavy atom. The van der Waals surface area contributed by atoms with E-state index in [0.29, 0.717) is 18.8 Å². The van der Waals surface area contributed by atoms with Crippen LogP contribution in [0.15, 0.2) is 88.7 Å². The van der Waals surface area contributed by atoms with Crippen molar-refractivity contribution in [2.24, 2.45) is 15.9 Å². The summed E-state index contributed by atoms with van der Waals surface area (Å²) in [6.45, 7) is 16.0. The maximum atomic E-state index is 13.5. The van der Waals surface area contributed by atoms with Crippen molar-refractivity contribution < 1.29 is 5.82 Å². The number of rotatable bonds is 10. The SMILES string of the molecule is C=C/C(=C\N(C)C)c1cccc(C(C)=N/C(CC2CC(F)C2)=C(C=C)/C(C=NC)=C/C)c1.CC.[HH]. The second-order valence-corrected chi connectivity index (χ2v) is 8.36. The van der Waals surface area contributed by atoms with Crippen molar-refractivity contribution in [3.8, 4) is 0 Å². The standard InChI is InChI=1S/C28H36FN3.C2H6.H2/c1-8-22(18-30-5)27(10-3)28(16-21-14-26(29)15-21)31-20(4)24-12-11-13-25(17-24)23(9-2)19-32(6)7;1-2;/h8-13,17-19,21,26H,2-3,14-16H2,1,4-7H3;1-2H3;1H/b22-8+,23-19+,28-27+,30-18?,31-20?;;. The second kappa shape index (κ2) is 15.0. The number of allylic oxidation sites excluding steroid dienone is 7. The molecule has 0 atom stereocenters. The van der Waals surface area contributed by atoms with E-state index in [1.165, 1.54) is 0 Å². The quantitative estimate of drug-likeness (QED) is 0.253. The molecular formula is C30H44FN3. The third-order valence-corrected chi connectivity index (χ3v) is 5.60. The van der Waals surface area contributed by atoms with Crippen molar-refractivity contribution in [1.82, 2.24) is 4.90 Å². The summed E-state index contributed by atoms with van der Waals surface area (Å²) >= 11 is 0. The molecule has 1 saturated carbocycles. The topological polar surface area (TPSA) is 28.0 Å². The monoisotopic (exact) mass is 465 g/mol. The molecule has 1 aromatic rings. The van der Waals surface area contributed by atoms with Crippen molar-refractivity contribution >= 4 is 17.5 Å². The van der Waals surface area contributed by atoms with Crippen LogP contribution in [0.25, 0.3) is 5.57 Å². The average Bonchev–Trinajstić information content (AvgIpc) is 2.82. The van der Waals surface area contributed by atoms with E-state index < -0.39 is 6.17 Å². The minimum atomic E-state index is -0.686. The lowest BCUT2D eigenvalue weighted by molar-refractivity contribution is 0.131. The van der Waals surface area contributed by atoms with E-state index >= 15 is 0 Å². The highest BCUT2D eigenvalue weighted by Gasteiger charge is 2.30. The van der Waals surface area contributed by atoms with E-state index in [4.69, 9.17) is 4.99 Å². The van der Waals surface area contributed by atoms with Crippen LogP contribution in [0, 0.1) is 5.92 Å². The number of halogens is 1. The highest BCUT2D eigenvalue weighted by molar-refractivity contribution is 6.00. The minimum Gasteiger partial charge on any atom is -0.383 e. The summed E-state index contributed by atoms with van der Waals surface area (Å²) in [6.07, 6.45) is 10.8. The highest BCUT2D eigenvalue weighted by atomic mass is 19.1. The molecule has 0 unspecified atom stereocenters. The van der Waals surface area contributed by atoms with E-state index in [1.54, 1.807) is 7.05 Å². The van der Waals surface area contributed by atoms with Crippen molar-refractivity contribution in [2.75, 3.05) is 21.1 Å². The summed E-state index contributed by atoms with van der Waals surface area (Å²) in [5, 5.41) is 0. The molecule has 4 heteroatoms. The van der Waals surface area contributed by atoms with Gasteiger partial charge < -0.3 is 4.90 Å². The minimum absolute atomic E-state index is 0. The van der Waals surface area contributed by atoms with Gasteiger partial charge in [-0.1, -0.05) is 63.4 Å². The zero-order valence-electron chi connectivity index (χ0n) is 22.1. The van der Waals surface area contributed by atoms with Gasteiger partial charge in [-0.25, -0.2) is 4.39 Å². The molecule has 0 N–H and O–H groups in total. The van der Waals surface area contributed by atoms with Gasteiger partial charge in [0.1, 0.15) is 6.17 Å². The Kier molecular flexibility index (Phi) is 12.8. The van der Waals surface area contributed by atoms with Crippen molar-refractivity contribution in [2.45, 2.75) is 53.1 Å². The molecule has 0 amide bonds. The Balaban J connectivity index is 0.00000375. The first-order chi connectivity index (χ1) is 16.3. The molecule has 0 aromatic heterocycles. The van der Waals surface area contributed by atoms with E-state index in [2.05, 4.69) is 36.3 Å². The van der Waals surface area contributed by atoms with Crippen LogP contribution in [0.5, 0.6) is 0 Å². The van der Waals surface area contributed by atoms with Gasteiger partial charge in [0.25, 0.3) is 0 Å². The van der Waals surface area contributed by atoms with Gasteiger partial charge in [0, 0.05) is 52.0 Å². The summed E-state index contributed by atoms with van der Waals surface area (Å²) in [6, 6.07) is 8.31. The Labute approximate surface area is 208 Å². The fourth-order valence-corrected chi connectivity index (χ4v) is 3.87. The van der Waals surface area contributed by atoms with Gasteiger partial charge in [0.15, 0.2) is 0 Å². The Hall–Kier alpha value is -3.01. The number of benzene rings is 1. The smallest absolute Gasteiger partial charge is 0.101 e. The molecule has 1 aliphatic rings. The maximum Gasteiger partial charge on any atom is 0.101 e.